The average molecular weight is 334 g/mol. The Morgan fingerprint density at radius 2 is 1.84 bits per heavy atom. The monoisotopic (exact) mass is 334 g/mol. The highest BCUT2D eigenvalue weighted by atomic mass is 16.1. The zero-order chi connectivity index (χ0) is 18.0. The number of aryl methyl sites for hydroxylation is 1. The van der Waals surface area contributed by atoms with Crippen molar-refractivity contribution < 1.29 is 4.79 Å². The molecule has 0 unspecified atom stereocenters. The molecule has 0 saturated heterocycles. The molecule has 25 heavy (non-hydrogen) atoms. The smallest absolute Gasteiger partial charge is 0.258 e. The van der Waals surface area contributed by atoms with Crippen LogP contribution in [0.1, 0.15) is 42.4 Å². The summed E-state index contributed by atoms with van der Waals surface area (Å²) in [5, 5.41) is 7.67. The summed E-state index contributed by atoms with van der Waals surface area (Å²) in [5.41, 5.74) is 3.38. The molecular formula is C20H22N4O. The molecule has 128 valence electrons. The lowest BCUT2D eigenvalue weighted by Crippen LogP contribution is -2.15. The van der Waals surface area contributed by atoms with E-state index in [1.165, 1.54) is 5.56 Å². The van der Waals surface area contributed by atoms with Crippen molar-refractivity contribution in [1.29, 1.82) is 0 Å². The summed E-state index contributed by atoms with van der Waals surface area (Å²) in [6.45, 7) is 8.34. The highest BCUT2D eigenvalue weighted by Gasteiger charge is 2.21. The first-order valence-corrected chi connectivity index (χ1v) is 8.23. The van der Waals surface area contributed by atoms with Crippen LogP contribution in [0.25, 0.3) is 5.69 Å². The molecule has 1 aromatic carbocycles. The second-order valence-electron chi connectivity index (χ2n) is 7.11. The fraction of sp³-hybridized carbons (Fsp3) is 0.250. The van der Waals surface area contributed by atoms with Crippen molar-refractivity contribution >= 4 is 11.7 Å². The molecule has 2 heterocycles. The fourth-order valence-electron chi connectivity index (χ4n) is 2.41. The van der Waals surface area contributed by atoms with E-state index in [1.54, 1.807) is 29.2 Å². The minimum absolute atomic E-state index is 0.121. The van der Waals surface area contributed by atoms with Crippen LogP contribution in [0.5, 0.6) is 0 Å². The van der Waals surface area contributed by atoms with E-state index in [4.69, 9.17) is 5.10 Å². The quantitative estimate of drug-likeness (QED) is 0.783. The van der Waals surface area contributed by atoms with Gasteiger partial charge in [0.05, 0.1) is 16.9 Å². The van der Waals surface area contributed by atoms with Crippen molar-refractivity contribution in [2.75, 3.05) is 5.32 Å². The van der Waals surface area contributed by atoms with Gasteiger partial charge < -0.3 is 5.32 Å². The number of pyridine rings is 1. The molecule has 0 radical (unpaired) electrons. The molecule has 3 rings (SSSR count). The molecule has 0 atom stereocenters. The highest BCUT2D eigenvalue weighted by Crippen LogP contribution is 2.26. The minimum atomic E-state index is -0.207. The van der Waals surface area contributed by atoms with Crippen molar-refractivity contribution in [3.63, 3.8) is 0 Å². The van der Waals surface area contributed by atoms with Crippen LogP contribution in [0.15, 0.2) is 54.9 Å². The third-order valence-electron chi connectivity index (χ3n) is 3.92. The van der Waals surface area contributed by atoms with Gasteiger partial charge in [-0.05, 0) is 31.2 Å². The van der Waals surface area contributed by atoms with Gasteiger partial charge in [0.2, 0.25) is 0 Å². The number of benzene rings is 1. The fourth-order valence-corrected chi connectivity index (χ4v) is 2.41. The zero-order valence-corrected chi connectivity index (χ0v) is 14.9. The molecule has 0 aliphatic rings. The molecule has 5 heteroatoms. The summed E-state index contributed by atoms with van der Waals surface area (Å²) in [5.74, 6) is 0.435. The summed E-state index contributed by atoms with van der Waals surface area (Å²) in [4.78, 5) is 16.5. The lowest BCUT2D eigenvalue weighted by Gasteiger charge is -2.14. The lowest BCUT2D eigenvalue weighted by molar-refractivity contribution is 0.102. The second kappa shape index (κ2) is 6.51. The molecule has 0 fully saturated rings. The Morgan fingerprint density at radius 1 is 1.12 bits per heavy atom. The van der Waals surface area contributed by atoms with Gasteiger partial charge in [-0.2, -0.15) is 5.10 Å². The topological polar surface area (TPSA) is 59.8 Å². The maximum Gasteiger partial charge on any atom is 0.258 e. The van der Waals surface area contributed by atoms with Gasteiger partial charge in [-0.3, -0.25) is 9.78 Å². The van der Waals surface area contributed by atoms with Crippen LogP contribution < -0.4 is 5.32 Å². The molecular weight excluding hydrogens is 312 g/mol. The number of carbonyl (C=O) groups excluding carboxylic acids is 1. The largest absolute Gasteiger partial charge is 0.306 e. The third-order valence-corrected chi connectivity index (χ3v) is 3.92. The first kappa shape index (κ1) is 16.9. The van der Waals surface area contributed by atoms with E-state index in [1.807, 2.05) is 37.3 Å². The maximum absolute atomic E-state index is 12.5. The van der Waals surface area contributed by atoms with E-state index in [0.29, 0.717) is 11.4 Å². The number of rotatable bonds is 3. The van der Waals surface area contributed by atoms with Gasteiger partial charge in [-0.1, -0.05) is 38.5 Å². The van der Waals surface area contributed by atoms with Crippen molar-refractivity contribution in [3.8, 4) is 5.69 Å². The molecule has 0 bridgehead atoms. The van der Waals surface area contributed by atoms with Gasteiger partial charge in [0.15, 0.2) is 0 Å². The predicted octanol–water partition coefficient (Wildman–Crippen LogP) is 4.13. The Kier molecular flexibility index (Phi) is 4.40. The summed E-state index contributed by atoms with van der Waals surface area (Å²) < 4.78 is 1.77. The van der Waals surface area contributed by atoms with Gasteiger partial charge in [0.25, 0.3) is 5.91 Å². The van der Waals surface area contributed by atoms with E-state index < -0.39 is 0 Å². The van der Waals surface area contributed by atoms with E-state index in [2.05, 4.69) is 31.1 Å². The number of nitrogens with one attached hydrogen (secondary N) is 1. The summed E-state index contributed by atoms with van der Waals surface area (Å²) in [7, 11) is 0. The molecule has 0 aliphatic carbocycles. The SMILES string of the molecule is Cc1ccc(-n2nc(C(C)(C)C)cc2NC(=O)c2cccnc2)cc1. The third kappa shape index (κ3) is 3.76. The molecule has 0 spiro atoms. The molecule has 5 nitrogen and oxygen atoms in total. The zero-order valence-electron chi connectivity index (χ0n) is 14.9. The van der Waals surface area contributed by atoms with Gasteiger partial charge >= 0.3 is 0 Å². The molecule has 1 N–H and O–H groups in total. The normalized spacial score (nSPS) is 11.4. The number of nitrogens with zero attached hydrogens (tertiary/aromatic N) is 3. The maximum atomic E-state index is 12.5. The number of hydrogen-bond donors (Lipinski definition) is 1. The van der Waals surface area contributed by atoms with E-state index in [0.717, 1.165) is 11.4 Å². The predicted molar refractivity (Wildman–Crippen MR) is 99.2 cm³/mol. The first-order valence-electron chi connectivity index (χ1n) is 8.23. The molecule has 0 aliphatic heterocycles. The van der Waals surface area contributed by atoms with Crippen LogP contribution >= 0.6 is 0 Å². The van der Waals surface area contributed by atoms with Crippen LogP contribution in [0, 0.1) is 6.92 Å². The van der Waals surface area contributed by atoms with Crippen molar-refractivity contribution in [2.24, 2.45) is 0 Å². The molecule has 2 aromatic heterocycles. The molecule has 3 aromatic rings. The Hall–Kier alpha value is -2.95. The van der Waals surface area contributed by atoms with Gasteiger partial charge in [-0.25, -0.2) is 4.68 Å². The average Bonchev–Trinajstić information content (AvgIpc) is 3.00. The summed E-state index contributed by atoms with van der Waals surface area (Å²) in [6.07, 6.45) is 3.19. The van der Waals surface area contributed by atoms with Crippen molar-refractivity contribution in [2.45, 2.75) is 33.1 Å². The summed E-state index contributed by atoms with van der Waals surface area (Å²) in [6, 6.07) is 13.4. The van der Waals surface area contributed by atoms with Crippen molar-refractivity contribution in [1.82, 2.24) is 14.8 Å². The van der Waals surface area contributed by atoms with Gasteiger partial charge in [0.1, 0.15) is 5.82 Å². The van der Waals surface area contributed by atoms with E-state index in [-0.39, 0.29) is 11.3 Å². The number of carbonyl (C=O) groups is 1. The van der Waals surface area contributed by atoms with Crippen LogP contribution in [0.4, 0.5) is 5.82 Å². The number of aromatic nitrogens is 3. The number of anilines is 1. The van der Waals surface area contributed by atoms with Crippen LogP contribution in [0.3, 0.4) is 0 Å². The number of amides is 1. The van der Waals surface area contributed by atoms with Crippen molar-refractivity contribution in [3.05, 3.63) is 71.7 Å². The number of hydrogen-bond acceptors (Lipinski definition) is 3. The molecule has 0 saturated carbocycles. The van der Waals surface area contributed by atoms with Crippen LogP contribution in [-0.2, 0) is 5.41 Å². The van der Waals surface area contributed by atoms with Crippen LogP contribution in [-0.4, -0.2) is 20.7 Å². The molecule has 1 amide bonds. The van der Waals surface area contributed by atoms with E-state index in [9.17, 15) is 4.79 Å². The Labute approximate surface area is 147 Å². The summed E-state index contributed by atoms with van der Waals surface area (Å²) >= 11 is 0. The lowest BCUT2D eigenvalue weighted by atomic mass is 9.92. The Morgan fingerprint density at radius 3 is 2.44 bits per heavy atom. The first-order chi connectivity index (χ1) is 11.8. The second-order valence-corrected chi connectivity index (χ2v) is 7.11. The Bertz CT molecular complexity index is 874. The van der Waals surface area contributed by atoms with Crippen LogP contribution in [0.2, 0.25) is 0 Å². The van der Waals surface area contributed by atoms with Gasteiger partial charge in [0, 0.05) is 23.9 Å². The van der Waals surface area contributed by atoms with E-state index >= 15 is 0 Å². The standard InChI is InChI=1S/C20H22N4O/c1-14-7-9-16(10-8-14)24-18(12-17(23-24)20(2,3)4)22-19(25)15-6-5-11-21-13-15/h5-13H,1-4H3,(H,22,25). The minimum Gasteiger partial charge on any atom is -0.306 e. The van der Waals surface area contributed by atoms with Gasteiger partial charge in [-0.15, -0.1) is 0 Å². The highest BCUT2D eigenvalue weighted by molar-refractivity contribution is 6.03. The Balaban J connectivity index is 2.00.